The molecule has 11 heteroatoms. The Morgan fingerprint density at radius 1 is 0.905 bits per heavy atom. The van der Waals surface area contributed by atoms with Crippen LogP contribution in [0, 0.1) is 0 Å². The minimum absolute atomic E-state index is 0.0119. The fraction of sp³-hybridized carbons (Fsp3) is 0.0323. The molecule has 3 aromatic carbocycles. The van der Waals surface area contributed by atoms with Gasteiger partial charge < -0.3 is 20.4 Å². The van der Waals surface area contributed by atoms with Crippen LogP contribution in [0.5, 0.6) is 0 Å². The SMILES string of the molecule is O=C(CSc1ccc(NC(=O)/C(=C/c2ccc(-c3ccc(Br)cc3)o2)NC(=O)c2ccccc2)cc1)Nc1nccs1. The first-order valence-corrected chi connectivity index (χ1v) is 15.3. The maximum absolute atomic E-state index is 13.3. The topological polar surface area (TPSA) is 113 Å². The molecular formula is C31H23BrN4O4S2. The summed E-state index contributed by atoms with van der Waals surface area (Å²) in [5, 5.41) is 10.6. The molecule has 0 atom stereocenters. The van der Waals surface area contributed by atoms with Crippen LogP contribution in [-0.4, -0.2) is 28.5 Å². The molecule has 0 saturated carbocycles. The highest BCUT2D eigenvalue weighted by atomic mass is 79.9. The molecule has 0 unspecified atom stereocenters. The number of aromatic nitrogens is 1. The van der Waals surface area contributed by atoms with Crippen molar-refractivity contribution in [2.45, 2.75) is 4.90 Å². The normalized spacial score (nSPS) is 11.1. The third kappa shape index (κ3) is 8.06. The first kappa shape index (κ1) is 29.1. The summed E-state index contributed by atoms with van der Waals surface area (Å²) in [6.07, 6.45) is 3.12. The van der Waals surface area contributed by atoms with Crippen LogP contribution >= 0.6 is 39.0 Å². The second-order valence-corrected chi connectivity index (χ2v) is 11.6. The van der Waals surface area contributed by atoms with Gasteiger partial charge in [0.25, 0.3) is 11.8 Å². The second-order valence-electron chi connectivity index (χ2n) is 8.74. The van der Waals surface area contributed by atoms with Crippen molar-refractivity contribution in [3.8, 4) is 11.3 Å². The monoisotopic (exact) mass is 658 g/mol. The Balaban J connectivity index is 1.28. The van der Waals surface area contributed by atoms with Crippen molar-refractivity contribution in [2.24, 2.45) is 0 Å². The lowest BCUT2D eigenvalue weighted by atomic mass is 10.2. The Bertz CT molecular complexity index is 1700. The molecule has 0 aliphatic rings. The van der Waals surface area contributed by atoms with E-state index in [1.54, 1.807) is 72.2 Å². The number of rotatable bonds is 10. The van der Waals surface area contributed by atoms with E-state index in [4.69, 9.17) is 4.42 Å². The second kappa shape index (κ2) is 13.9. The van der Waals surface area contributed by atoms with Gasteiger partial charge in [0.1, 0.15) is 17.2 Å². The molecule has 0 spiro atoms. The lowest BCUT2D eigenvalue weighted by molar-refractivity contribution is -0.114. The third-order valence-corrected chi connectivity index (χ3v) is 7.96. The zero-order valence-corrected chi connectivity index (χ0v) is 25.1. The lowest BCUT2D eigenvalue weighted by Gasteiger charge is -2.11. The first-order chi connectivity index (χ1) is 20.4. The number of furan rings is 1. The van der Waals surface area contributed by atoms with Crippen LogP contribution in [0.25, 0.3) is 17.4 Å². The van der Waals surface area contributed by atoms with Crippen molar-refractivity contribution in [2.75, 3.05) is 16.4 Å². The van der Waals surface area contributed by atoms with Gasteiger partial charge in [0, 0.05) is 43.8 Å². The summed E-state index contributed by atoms with van der Waals surface area (Å²) in [6.45, 7) is 0. The minimum Gasteiger partial charge on any atom is -0.457 e. The van der Waals surface area contributed by atoms with Crippen LogP contribution in [-0.2, 0) is 9.59 Å². The van der Waals surface area contributed by atoms with Crippen molar-refractivity contribution in [1.82, 2.24) is 10.3 Å². The van der Waals surface area contributed by atoms with E-state index in [0.29, 0.717) is 27.9 Å². The first-order valence-electron chi connectivity index (χ1n) is 12.6. The number of anilines is 2. The Kier molecular flexibility index (Phi) is 9.65. The van der Waals surface area contributed by atoms with Crippen molar-refractivity contribution >= 4 is 73.6 Å². The number of hydrogen-bond acceptors (Lipinski definition) is 7. The Labute approximate surface area is 258 Å². The smallest absolute Gasteiger partial charge is 0.272 e. The molecule has 2 aromatic heterocycles. The van der Waals surface area contributed by atoms with Gasteiger partial charge in [0.2, 0.25) is 5.91 Å². The highest BCUT2D eigenvalue weighted by Crippen LogP contribution is 2.26. The third-order valence-electron chi connectivity index (χ3n) is 5.73. The zero-order valence-electron chi connectivity index (χ0n) is 21.9. The van der Waals surface area contributed by atoms with Gasteiger partial charge in [0.05, 0.1) is 5.75 Å². The predicted molar refractivity (Wildman–Crippen MR) is 170 cm³/mol. The van der Waals surface area contributed by atoms with Gasteiger partial charge in [-0.3, -0.25) is 14.4 Å². The zero-order chi connectivity index (χ0) is 29.3. The number of carbonyl (C=O) groups is 3. The molecule has 3 N–H and O–H groups in total. The Morgan fingerprint density at radius 3 is 2.38 bits per heavy atom. The fourth-order valence-electron chi connectivity index (χ4n) is 3.71. The quantitative estimate of drug-likeness (QED) is 0.107. The van der Waals surface area contributed by atoms with Gasteiger partial charge in [-0.1, -0.05) is 46.3 Å². The molecule has 5 aromatic rings. The van der Waals surface area contributed by atoms with Crippen molar-refractivity contribution in [3.05, 3.63) is 124 Å². The van der Waals surface area contributed by atoms with Crippen molar-refractivity contribution in [1.29, 1.82) is 0 Å². The summed E-state index contributed by atoms with van der Waals surface area (Å²) in [6, 6.07) is 26.9. The van der Waals surface area contributed by atoms with Crippen LogP contribution in [0.3, 0.4) is 0 Å². The molecule has 0 fully saturated rings. The van der Waals surface area contributed by atoms with E-state index in [1.165, 1.54) is 29.2 Å². The van der Waals surface area contributed by atoms with E-state index < -0.39 is 11.8 Å². The van der Waals surface area contributed by atoms with E-state index in [9.17, 15) is 14.4 Å². The van der Waals surface area contributed by atoms with E-state index in [-0.39, 0.29) is 17.4 Å². The van der Waals surface area contributed by atoms with Gasteiger partial charge in [-0.15, -0.1) is 23.1 Å². The number of benzene rings is 3. The molecule has 210 valence electrons. The van der Waals surface area contributed by atoms with Crippen LogP contribution in [0.1, 0.15) is 16.1 Å². The summed E-state index contributed by atoms with van der Waals surface area (Å²) in [4.78, 5) is 43.3. The Morgan fingerprint density at radius 2 is 1.67 bits per heavy atom. The lowest BCUT2D eigenvalue weighted by Crippen LogP contribution is -2.30. The van der Waals surface area contributed by atoms with Gasteiger partial charge in [-0.2, -0.15) is 0 Å². The van der Waals surface area contributed by atoms with Crippen LogP contribution < -0.4 is 16.0 Å². The van der Waals surface area contributed by atoms with Crippen molar-refractivity contribution < 1.29 is 18.8 Å². The Hall–Kier alpha value is -4.45. The molecule has 3 amide bonds. The van der Waals surface area contributed by atoms with E-state index >= 15 is 0 Å². The summed E-state index contributed by atoms with van der Waals surface area (Å²) < 4.78 is 6.91. The number of nitrogens with one attached hydrogen (secondary N) is 3. The molecule has 0 aliphatic carbocycles. The van der Waals surface area contributed by atoms with Crippen LogP contribution in [0.15, 0.2) is 122 Å². The molecule has 2 heterocycles. The number of amides is 3. The average molecular weight is 660 g/mol. The number of halogens is 1. The van der Waals surface area contributed by atoms with E-state index in [2.05, 4.69) is 36.9 Å². The number of thiazole rings is 1. The fourth-order valence-corrected chi connectivity index (χ4v) is 5.21. The predicted octanol–water partition coefficient (Wildman–Crippen LogP) is 7.31. The summed E-state index contributed by atoms with van der Waals surface area (Å²) in [7, 11) is 0. The highest BCUT2D eigenvalue weighted by Gasteiger charge is 2.16. The standard InChI is InChI=1S/C31H23BrN4O4S2/c32-22-8-6-20(7-9-22)27-15-12-24(40-27)18-26(35-29(38)21-4-2-1-3-5-21)30(39)34-23-10-13-25(14-11-23)42-19-28(37)36-31-33-16-17-41-31/h1-18H,19H2,(H,34,39)(H,35,38)(H,33,36,37)/b26-18-. The maximum atomic E-state index is 13.3. The maximum Gasteiger partial charge on any atom is 0.272 e. The molecule has 8 nitrogen and oxygen atoms in total. The number of carbonyl (C=O) groups excluding carboxylic acids is 3. The molecule has 42 heavy (non-hydrogen) atoms. The van der Waals surface area contributed by atoms with Crippen molar-refractivity contribution in [3.63, 3.8) is 0 Å². The summed E-state index contributed by atoms with van der Waals surface area (Å²) in [5.41, 5.74) is 1.81. The minimum atomic E-state index is -0.524. The van der Waals surface area contributed by atoms with Gasteiger partial charge >= 0.3 is 0 Å². The summed E-state index contributed by atoms with van der Waals surface area (Å²) in [5.74, 6) is 0.126. The average Bonchev–Trinajstić information content (AvgIpc) is 3.70. The summed E-state index contributed by atoms with van der Waals surface area (Å²) >= 11 is 6.14. The highest BCUT2D eigenvalue weighted by molar-refractivity contribution is 9.10. The number of nitrogens with zero attached hydrogens (tertiary/aromatic N) is 1. The molecular weight excluding hydrogens is 636 g/mol. The molecule has 0 bridgehead atoms. The molecule has 0 aliphatic heterocycles. The van der Waals surface area contributed by atoms with E-state index in [0.717, 1.165) is 14.9 Å². The largest absolute Gasteiger partial charge is 0.457 e. The van der Waals surface area contributed by atoms with Gasteiger partial charge in [-0.05, 0) is 60.7 Å². The molecule has 0 radical (unpaired) electrons. The molecule has 0 saturated heterocycles. The van der Waals surface area contributed by atoms with Crippen LogP contribution in [0.4, 0.5) is 10.8 Å². The number of hydrogen-bond donors (Lipinski definition) is 3. The number of thioether (sulfide) groups is 1. The molecule has 5 rings (SSSR count). The van der Waals surface area contributed by atoms with Gasteiger partial charge in [-0.25, -0.2) is 4.98 Å². The van der Waals surface area contributed by atoms with Gasteiger partial charge in [0.15, 0.2) is 5.13 Å². The van der Waals surface area contributed by atoms with E-state index in [1.807, 2.05) is 30.3 Å². The van der Waals surface area contributed by atoms with Crippen LogP contribution in [0.2, 0.25) is 0 Å².